The van der Waals surface area contributed by atoms with Gasteiger partial charge >= 0.3 is 0 Å². The molecule has 1 saturated heterocycles. The van der Waals surface area contributed by atoms with Crippen molar-refractivity contribution in [2.45, 2.75) is 32.7 Å². The van der Waals surface area contributed by atoms with Gasteiger partial charge in [0.05, 0.1) is 5.56 Å². The number of hydrogen-bond donors (Lipinski definition) is 1. The predicted octanol–water partition coefficient (Wildman–Crippen LogP) is 2.47. The maximum Gasteiger partial charge on any atom is 0.257 e. The summed E-state index contributed by atoms with van der Waals surface area (Å²) in [5.74, 6) is 3.23. The molecule has 0 saturated carbocycles. The molecular formula is C18H25N5O2. The average molecular weight is 343 g/mol. The van der Waals surface area contributed by atoms with Crippen molar-refractivity contribution in [3.05, 3.63) is 35.5 Å². The summed E-state index contributed by atoms with van der Waals surface area (Å²) in [5.41, 5.74) is 0.676. The van der Waals surface area contributed by atoms with Gasteiger partial charge in [0.2, 0.25) is 0 Å². The van der Waals surface area contributed by atoms with E-state index in [1.165, 1.54) is 0 Å². The summed E-state index contributed by atoms with van der Waals surface area (Å²) < 4.78 is 5.48. The number of hydrogen-bond acceptors (Lipinski definition) is 6. The Hall–Kier alpha value is -2.57. The van der Waals surface area contributed by atoms with Crippen molar-refractivity contribution in [2.24, 2.45) is 0 Å². The van der Waals surface area contributed by atoms with E-state index in [1.54, 1.807) is 6.33 Å². The summed E-state index contributed by atoms with van der Waals surface area (Å²) >= 11 is 0. The zero-order chi connectivity index (χ0) is 18.0. The first-order valence-electron chi connectivity index (χ1n) is 8.56. The zero-order valence-electron chi connectivity index (χ0n) is 15.2. The highest BCUT2D eigenvalue weighted by atomic mass is 16.3. The molecular weight excluding hydrogens is 318 g/mol. The van der Waals surface area contributed by atoms with Crippen molar-refractivity contribution in [3.8, 4) is 0 Å². The van der Waals surface area contributed by atoms with Crippen LogP contribution in [-0.4, -0.2) is 54.0 Å². The molecule has 25 heavy (non-hydrogen) atoms. The van der Waals surface area contributed by atoms with Gasteiger partial charge in [0, 0.05) is 39.3 Å². The molecule has 0 radical (unpaired) electrons. The number of amides is 1. The Kier molecular flexibility index (Phi) is 4.92. The second-order valence-corrected chi connectivity index (χ2v) is 6.69. The second kappa shape index (κ2) is 7.13. The van der Waals surface area contributed by atoms with Gasteiger partial charge < -0.3 is 19.5 Å². The fourth-order valence-corrected chi connectivity index (χ4v) is 3.12. The van der Waals surface area contributed by atoms with Crippen LogP contribution in [0.25, 0.3) is 0 Å². The molecule has 0 unspecified atom stereocenters. The van der Waals surface area contributed by atoms with E-state index in [0.29, 0.717) is 17.4 Å². The SMILES string of the molecule is Cc1cc(C(=O)N2CCC(Nc3cc(N(C)C)ncn3)CC2)c(C)o1. The molecule has 134 valence electrons. The number of piperidine rings is 1. The van der Waals surface area contributed by atoms with Crippen molar-refractivity contribution in [1.29, 1.82) is 0 Å². The molecule has 0 spiro atoms. The number of likely N-dealkylation sites (tertiary alicyclic amines) is 1. The number of anilines is 2. The van der Waals surface area contributed by atoms with Crippen LogP contribution in [-0.2, 0) is 0 Å². The van der Waals surface area contributed by atoms with Gasteiger partial charge in [-0.2, -0.15) is 0 Å². The highest BCUT2D eigenvalue weighted by molar-refractivity contribution is 5.95. The summed E-state index contributed by atoms with van der Waals surface area (Å²) in [4.78, 5) is 25.0. The second-order valence-electron chi connectivity index (χ2n) is 6.69. The maximum atomic E-state index is 12.6. The first-order valence-corrected chi connectivity index (χ1v) is 8.56. The Bertz CT molecular complexity index is 748. The van der Waals surface area contributed by atoms with Gasteiger partial charge in [0.25, 0.3) is 5.91 Å². The van der Waals surface area contributed by atoms with Gasteiger partial charge in [-0.3, -0.25) is 4.79 Å². The Morgan fingerprint density at radius 1 is 1.24 bits per heavy atom. The number of nitrogens with zero attached hydrogens (tertiary/aromatic N) is 4. The van der Waals surface area contributed by atoms with Crippen molar-refractivity contribution in [3.63, 3.8) is 0 Å². The van der Waals surface area contributed by atoms with E-state index < -0.39 is 0 Å². The summed E-state index contributed by atoms with van der Waals surface area (Å²) in [5, 5.41) is 3.46. The summed E-state index contributed by atoms with van der Waals surface area (Å²) in [7, 11) is 3.91. The van der Waals surface area contributed by atoms with E-state index in [-0.39, 0.29) is 5.91 Å². The molecule has 1 fully saturated rings. The van der Waals surface area contributed by atoms with Crippen molar-refractivity contribution in [2.75, 3.05) is 37.4 Å². The fourth-order valence-electron chi connectivity index (χ4n) is 3.12. The highest BCUT2D eigenvalue weighted by Gasteiger charge is 2.26. The largest absolute Gasteiger partial charge is 0.466 e. The first kappa shape index (κ1) is 17.3. The van der Waals surface area contributed by atoms with E-state index >= 15 is 0 Å². The van der Waals surface area contributed by atoms with E-state index in [9.17, 15) is 4.79 Å². The van der Waals surface area contributed by atoms with Gasteiger partial charge in [0.1, 0.15) is 29.5 Å². The monoisotopic (exact) mass is 343 g/mol. The van der Waals surface area contributed by atoms with Crippen LogP contribution in [0.2, 0.25) is 0 Å². The number of aryl methyl sites for hydroxylation is 2. The number of carbonyl (C=O) groups is 1. The van der Waals surface area contributed by atoms with Crippen molar-refractivity contribution < 1.29 is 9.21 Å². The van der Waals surface area contributed by atoms with Gasteiger partial charge in [-0.1, -0.05) is 0 Å². The summed E-state index contributed by atoms with van der Waals surface area (Å²) in [6, 6.07) is 4.07. The van der Waals surface area contributed by atoms with Gasteiger partial charge in [0.15, 0.2) is 0 Å². The first-order chi connectivity index (χ1) is 11.9. The molecule has 3 rings (SSSR count). The van der Waals surface area contributed by atoms with Crippen LogP contribution in [0.5, 0.6) is 0 Å². The molecule has 7 nitrogen and oxygen atoms in total. The number of aromatic nitrogens is 2. The third kappa shape index (κ3) is 3.92. The van der Waals surface area contributed by atoms with Crippen LogP contribution in [0.15, 0.2) is 22.9 Å². The van der Waals surface area contributed by atoms with Crippen molar-refractivity contribution >= 4 is 17.5 Å². The molecule has 7 heteroatoms. The molecule has 0 atom stereocenters. The molecule has 1 aliphatic rings. The maximum absolute atomic E-state index is 12.6. The number of furan rings is 1. The van der Waals surface area contributed by atoms with Crippen LogP contribution in [0.1, 0.15) is 34.7 Å². The minimum absolute atomic E-state index is 0.0599. The van der Waals surface area contributed by atoms with Crippen LogP contribution in [0.3, 0.4) is 0 Å². The molecule has 0 aliphatic carbocycles. The van der Waals surface area contributed by atoms with E-state index in [2.05, 4.69) is 15.3 Å². The highest BCUT2D eigenvalue weighted by Crippen LogP contribution is 2.21. The van der Waals surface area contributed by atoms with Gasteiger partial charge in [-0.15, -0.1) is 0 Å². The predicted molar refractivity (Wildman–Crippen MR) is 97.1 cm³/mol. The van der Waals surface area contributed by atoms with E-state index in [1.807, 2.05) is 49.9 Å². The number of nitrogens with one attached hydrogen (secondary N) is 1. The Balaban J connectivity index is 1.58. The Morgan fingerprint density at radius 3 is 2.56 bits per heavy atom. The smallest absolute Gasteiger partial charge is 0.257 e. The molecule has 3 heterocycles. The molecule has 2 aromatic rings. The van der Waals surface area contributed by atoms with Gasteiger partial charge in [-0.25, -0.2) is 9.97 Å². The topological polar surface area (TPSA) is 74.5 Å². The van der Waals surface area contributed by atoms with Crippen LogP contribution < -0.4 is 10.2 Å². The van der Waals surface area contributed by atoms with E-state index in [0.717, 1.165) is 43.3 Å². The molecule has 0 bridgehead atoms. The molecule has 1 N–H and O–H groups in total. The lowest BCUT2D eigenvalue weighted by Gasteiger charge is -2.32. The lowest BCUT2D eigenvalue weighted by Crippen LogP contribution is -2.42. The Morgan fingerprint density at radius 2 is 1.96 bits per heavy atom. The lowest BCUT2D eigenvalue weighted by molar-refractivity contribution is 0.0716. The number of rotatable bonds is 4. The zero-order valence-corrected chi connectivity index (χ0v) is 15.2. The molecule has 0 aromatic carbocycles. The van der Waals surface area contributed by atoms with Crippen molar-refractivity contribution in [1.82, 2.24) is 14.9 Å². The fraction of sp³-hybridized carbons (Fsp3) is 0.500. The van der Waals surface area contributed by atoms with Gasteiger partial charge in [-0.05, 0) is 32.8 Å². The van der Waals surface area contributed by atoms with Crippen LogP contribution >= 0.6 is 0 Å². The minimum Gasteiger partial charge on any atom is -0.466 e. The third-order valence-corrected chi connectivity index (χ3v) is 4.52. The minimum atomic E-state index is 0.0599. The van der Waals surface area contributed by atoms with Crippen LogP contribution in [0, 0.1) is 13.8 Å². The quantitative estimate of drug-likeness (QED) is 0.919. The average Bonchev–Trinajstić information content (AvgIpc) is 2.93. The van der Waals surface area contributed by atoms with E-state index in [4.69, 9.17) is 4.42 Å². The number of carbonyl (C=O) groups excluding carboxylic acids is 1. The Labute approximate surface area is 148 Å². The summed E-state index contributed by atoms with van der Waals surface area (Å²) in [6.07, 6.45) is 3.35. The van der Waals surface area contributed by atoms with Crippen LogP contribution in [0.4, 0.5) is 11.6 Å². The molecule has 1 amide bonds. The lowest BCUT2D eigenvalue weighted by atomic mass is 10.0. The third-order valence-electron chi connectivity index (χ3n) is 4.52. The summed E-state index contributed by atoms with van der Waals surface area (Å²) in [6.45, 7) is 5.16. The molecule has 1 aliphatic heterocycles. The standard InChI is InChI=1S/C18H25N5O2/c1-12-9-15(13(2)25-12)18(24)23-7-5-14(6-8-23)21-16-10-17(22(3)4)20-11-19-16/h9-11,14H,5-8H2,1-4H3,(H,19,20,21). The normalized spacial score (nSPS) is 15.3. The molecule has 2 aromatic heterocycles.